The molecule has 1 aliphatic carbocycles. The molecule has 1 saturated carbocycles. The summed E-state index contributed by atoms with van der Waals surface area (Å²) in [7, 11) is 1.80. The van der Waals surface area contributed by atoms with E-state index in [2.05, 4.69) is 36.5 Å². The summed E-state index contributed by atoms with van der Waals surface area (Å²) < 4.78 is 5.70. The van der Waals surface area contributed by atoms with Gasteiger partial charge in [-0.05, 0) is 25.3 Å². The number of aromatic nitrogens is 1. The Hall–Kier alpha value is -1.23. The fourth-order valence-corrected chi connectivity index (χ4v) is 3.79. The molecule has 0 amide bonds. The minimum Gasteiger partial charge on any atom is -0.374 e. The molecule has 0 saturated heterocycles. The molecule has 112 valence electrons. The van der Waals surface area contributed by atoms with Gasteiger partial charge in [0.25, 0.3) is 0 Å². The monoisotopic (exact) mass is 302 g/mol. The molecular formula is C17H22N2OS. The van der Waals surface area contributed by atoms with E-state index in [1.807, 2.05) is 6.07 Å². The van der Waals surface area contributed by atoms with E-state index < -0.39 is 0 Å². The highest BCUT2D eigenvalue weighted by Gasteiger charge is 2.35. The van der Waals surface area contributed by atoms with E-state index in [9.17, 15) is 0 Å². The van der Waals surface area contributed by atoms with Crippen molar-refractivity contribution in [3.05, 3.63) is 40.2 Å². The molecule has 2 aromatic rings. The minimum absolute atomic E-state index is 0.174. The van der Waals surface area contributed by atoms with Crippen LogP contribution in [0, 0.1) is 5.92 Å². The van der Waals surface area contributed by atoms with Gasteiger partial charge in [0.15, 0.2) is 0 Å². The molecule has 0 bridgehead atoms. The Balaban J connectivity index is 1.94. The van der Waals surface area contributed by atoms with Gasteiger partial charge in [0.2, 0.25) is 0 Å². The summed E-state index contributed by atoms with van der Waals surface area (Å²) in [6.45, 7) is 3.98. The van der Waals surface area contributed by atoms with Crippen LogP contribution >= 0.6 is 11.3 Å². The van der Waals surface area contributed by atoms with Crippen molar-refractivity contribution < 1.29 is 4.74 Å². The Labute approximate surface area is 130 Å². The molecule has 1 N–H and O–H groups in total. The molecule has 3 nitrogen and oxygen atoms in total. The molecule has 1 unspecified atom stereocenters. The Bertz CT molecular complexity index is 578. The normalized spacial score (nSPS) is 16.1. The molecule has 1 aliphatic rings. The smallest absolute Gasteiger partial charge is 0.123 e. The second-order valence-corrected chi connectivity index (χ2v) is 6.58. The van der Waals surface area contributed by atoms with Crippen LogP contribution in [0.5, 0.6) is 0 Å². The summed E-state index contributed by atoms with van der Waals surface area (Å²) >= 11 is 1.80. The Morgan fingerprint density at radius 1 is 1.33 bits per heavy atom. The molecule has 1 aromatic heterocycles. The van der Waals surface area contributed by atoms with Crippen molar-refractivity contribution in [2.24, 2.45) is 5.92 Å². The minimum atomic E-state index is 0.174. The Kier molecular flexibility index (Phi) is 4.68. The standard InChI is InChI=1S/C17H22N2OS/c1-3-18-11-14-15(12-7-5-4-6-8-12)19-17(21-14)16(20-2)13-9-10-13/h4-8,13,16,18H,3,9-11H2,1-2H3. The maximum atomic E-state index is 5.70. The van der Waals surface area contributed by atoms with Gasteiger partial charge in [0.1, 0.15) is 11.1 Å². The molecule has 0 aliphatic heterocycles. The first kappa shape index (κ1) is 14.7. The fourth-order valence-electron chi connectivity index (χ4n) is 2.57. The third-order valence-electron chi connectivity index (χ3n) is 3.84. The van der Waals surface area contributed by atoms with E-state index in [0.29, 0.717) is 5.92 Å². The number of nitrogens with zero attached hydrogens (tertiary/aromatic N) is 1. The first-order chi connectivity index (χ1) is 10.3. The highest BCUT2D eigenvalue weighted by Crippen LogP contribution is 2.45. The van der Waals surface area contributed by atoms with Crippen molar-refractivity contribution in [3.63, 3.8) is 0 Å². The zero-order chi connectivity index (χ0) is 14.7. The molecule has 1 atom stereocenters. The van der Waals surface area contributed by atoms with Crippen LogP contribution in [0.1, 0.15) is 35.8 Å². The van der Waals surface area contributed by atoms with Crippen LogP contribution in [0.4, 0.5) is 0 Å². The molecule has 4 heteroatoms. The summed E-state index contributed by atoms with van der Waals surface area (Å²) in [6.07, 6.45) is 2.70. The van der Waals surface area contributed by atoms with Crippen molar-refractivity contribution in [2.45, 2.75) is 32.4 Å². The summed E-state index contributed by atoms with van der Waals surface area (Å²) in [4.78, 5) is 6.23. The first-order valence-electron chi connectivity index (χ1n) is 7.62. The van der Waals surface area contributed by atoms with Crippen LogP contribution in [0.2, 0.25) is 0 Å². The van der Waals surface area contributed by atoms with Crippen LogP contribution in [0.15, 0.2) is 30.3 Å². The number of hydrogen-bond donors (Lipinski definition) is 1. The molecule has 1 heterocycles. The summed E-state index contributed by atoms with van der Waals surface area (Å²) in [6, 6.07) is 10.4. The van der Waals surface area contributed by atoms with E-state index in [1.54, 1.807) is 18.4 Å². The lowest BCUT2D eigenvalue weighted by atomic mass is 10.1. The number of hydrogen-bond acceptors (Lipinski definition) is 4. The number of rotatable bonds is 7. The molecule has 1 aromatic carbocycles. The molecule has 3 rings (SSSR count). The topological polar surface area (TPSA) is 34.1 Å². The maximum absolute atomic E-state index is 5.70. The summed E-state index contributed by atoms with van der Waals surface area (Å²) in [5, 5.41) is 4.55. The zero-order valence-corrected chi connectivity index (χ0v) is 13.5. The largest absolute Gasteiger partial charge is 0.374 e. The quantitative estimate of drug-likeness (QED) is 0.839. The lowest BCUT2D eigenvalue weighted by Gasteiger charge is -2.10. The summed E-state index contributed by atoms with van der Waals surface area (Å²) in [5.41, 5.74) is 2.30. The summed E-state index contributed by atoms with van der Waals surface area (Å²) in [5.74, 6) is 0.664. The van der Waals surface area contributed by atoms with Gasteiger partial charge in [-0.1, -0.05) is 37.3 Å². The van der Waals surface area contributed by atoms with Crippen molar-refractivity contribution in [2.75, 3.05) is 13.7 Å². The van der Waals surface area contributed by atoms with Crippen LogP contribution in [-0.4, -0.2) is 18.6 Å². The van der Waals surface area contributed by atoms with Crippen LogP contribution < -0.4 is 5.32 Å². The first-order valence-corrected chi connectivity index (χ1v) is 8.43. The number of benzene rings is 1. The van der Waals surface area contributed by atoms with Gasteiger partial charge in [-0.3, -0.25) is 0 Å². The van der Waals surface area contributed by atoms with E-state index in [0.717, 1.165) is 23.8 Å². The average molecular weight is 302 g/mol. The molecular weight excluding hydrogens is 280 g/mol. The van der Waals surface area contributed by atoms with Gasteiger partial charge in [0.05, 0.1) is 5.69 Å². The van der Waals surface area contributed by atoms with Crippen LogP contribution in [0.3, 0.4) is 0 Å². The molecule has 0 spiro atoms. The van der Waals surface area contributed by atoms with Crippen molar-refractivity contribution in [1.29, 1.82) is 0 Å². The number of methoxy groups -OCH3 is 1. The third-order valence-corrected chi connectivity index (χ3v) is 4.96. The van der Waals surface area contributed by atoms with E-state index in [4.69, 9.17) is 9.72 Å². The van der Waals surface area contributed by atoms with Crippen molar-refractivity contribution in [1.82, 2.24) is 10.3 Å². The van der Waals surface area contributed by atoms with E-state index in [-0.39, 0.29) is 6.10 Å². The molecule has 1 fully saturated rings. The maximum Gasteiger partial charge on any atom is 0.123 e. The lowest BCUT2D eigenvalue weighted by Crippen LogP contribution is -2.11. The van der Waals surface area contributed by atoms with Gasteiger partial charge in [0, 0.05) is 24.1 Å². The van der Waals surface area contributed by atoms with E-state index >= 15 is 0 Å². The molecule has 21 heavy (non-hydrogen) atoms. The van der Waals surface area contributed by atoms with Gasteiger partial charge in [-0.15, -0.1) is 11.3 Å². The zero-order valence-electron chi connectivity index (χ0n) is 12.6. The SMILES string of the molecule is CCNCc1sc(C(OC)C2CC2)nc1-c1ccccc1. The van der Waals surface area contributed by atoms with Gasteiger partial charge >= 0.3 is 0 Å². The highest BCUT2D eigenvalue weighted by molar-refractivity contribution is 7.12. The Morgan fingerprint density at radius 3 is 2.71 bits per heavy atom. The number of thiazole rings is 1. The Morgan fingerprint density at radius 2 is 2.10 bits per heavy atom. The number of nitrogens with one attached hydrogen (secondary N) is 1. The van der Waals surface area contributed by atoms with Gasteiger partial charge < -0.3 is 10.1 Å². The predicted molar refractivity (Wildman–Crippen MR) is 87.4 cm³/mol. The highest BCUT2D eigenvalue weighted by atomic mass is 32.1. The average Bonchev–Trinajstić information content (AvgIpc) is 3.27. The lowest BCUT2D eigenvalue weighted by molar-refractivity contribution is 0.0844. The number of ether oxygens (including phenoxy) is 1. The van der Waals surface area contributed by atoms with Crippen LogP contribution in [0.25, 0.3) is 11.3 Å². The van der Waals surface area contributed by atoms with Crippen LogP contribution in [-0.2, 0) is 11.3 Å². The predicted octanol–water partition coefficient (Wildman–Crippen LogP) is 4.02. The van der Waals surface area contributed by atoms with Crippen molar-refractivity contribution >= 4 is 11.3 Å². The fraction of sp³-hybridized carbons (Fsp3) is 0.471. The van der Waals surface area contributed by atoms with Gasteiger partial charge in [-0.25, -0.2) is 4.98 Å². The van der Waals surface area contributed by atoms with Crippen molar-refractivity contribution in [3.8, 4) is 11.3 Å². The van der Waals surface area contributed by atoms with Gasteiger partial charge in [-0.2, -0.15) is 0 Å². The second kappa shape index (κ2) is 6.69. The molecule has 0 radical (unpaired) electrons. The second-order valence-electron chi connectivity index (χ2n) is 5.46. The van der Waals surface area contributed by atoms with E-state index in [1.165, 1.54) is 23.3 Å². The third kappa shape index (κ3) is 3.34.